The Morgan fingerprint density at radius 3 is 2.56 bits per heavy atom. The molecule has 0 bridgehead atoms. The molecule has 1 atom stereocenters. The van der Waals surface area contributed by atoms with Gasteiger partial charge >= 0.3 is 0 Å². The largest absolute Gasteiger partial charge is 0.492 e. The predicted molar refractivity (Wildman–Crippen MR) is 113 cm³/mol. The van der Waals surface area contributed by atoms with Gasteiger partial charge in [-0.3, -0.25) is 0 Å². The Bertz CT molecular complexity index is 832. The first-order chi connectivity index (χ1) is 11.7. The van der Waals surface area contributed by atoms with Crippen molar-refractivity contribution in [1.82, 2.24) is 0 Å². The lowest BCUT2D eigenvalue weighted by Crippen LogP contribution is -2.07. The number of rotatable bonds is 6. The maximum atomic E-state index is 5.71. The van der Waals surface area contributed by atoms with Gasteiger partial charge in [0.25, 0.3) is 0 Å². The summed E-state index contributed by atoms with van der Waals surface area (Å²) in [5, 5.41) is 6.15. The molecule has 0 fully saturated rings. The standard InChI is InChI=1S/C21H22BrNO.ClH/c1-3-13-24-21-12-11-17(14-20(21)22)23-15(2)18-10-6-8-16-7-4-5-9-19(16)18;/h4-12,14-15,23H,3,13H2,1-2H3;1H/t15-;/m1./s1. The van der Waals surface area contributed by atoms with Crippen molar-refractivity contribution in [3.8, 4) is 5.75 Å². The van der Waals surface area contributed by atoms with Gasteiger partial charge in [-0.25, -0.2) is 0 Å². The van der Waals surface area contributed by atoms with Gasteiger partial charge in [0, 0.05) is 11.7 Å². The fourth-order valence-corrected chi connectivity index (χ4v) is 3.37. The summed E-state index contributed by atoms with van der Waals surface area (Å²) in [6, 6.07) is 21.3. The first kappa shape index (κ1) is 19.6. The highest BCUT2D eigenvalue weighted by Crippen LogP contribution is 2.31. The number of benzene rings is 3. The van der Waals surface area contributed by atoms with Gasteiger partial charge in [-0.15, -0.1) is 12.4 Å². The van der Waals surface area contributed by atoms with Crippen LogP contribution in [-0.2, 0) is 0 Å². The van der Waals surface area contributed by atoms with Crippen LogP contribution in [0.15, 0.2) is 65.1 Å². The second kappa shape index (κ2) is 9.12. The highest BCUT2D eigenvalue weighted by atomic mass is 79.9. The van der Waals surface area contributed by atoms with Crippen LogP contribution >= 0.6 is 28.3 Å². The number of ether oxygens (including phenoxy) is 1. The molecule has 0 aliphatic carbocycles. The number of hydrogen-bond donors (Lipinski definition) is 1. The second-order valence-corrected chi connectivity index (χ2v) is 6.78. The van der Waals surface area contributed by atoms with Crippen LogP contribution in [-0.4, -0.2) is 6.61 Å². The van der Waals surface area contributed by atoms with Crippen molar-refractivity contribution >= 4 is 44.8 Å². The van der Waals surface area contributed by atoms with Crippen LogP contribution < -0.4 is 10.1 Å². The summed E-state index contributed by atoms with van der Waals surface area (Å²) in [4.78, 5) is 0. The average Bonchev–Trinajstić information content (AvgIpc) is 2.60. The quantitative estimate of drug-likeness (QED) is 0.464. The van der Waals surface area contributed by atoms with Gasteiger partial charge in [0.2, 0.25) is 0 Å². The molecule has 3 aromatic carbocycles. The molecular formula is C21H23BrClNO. The lowest BCUT2D eigenvalue weighted by Gasteiger charge is -2.18. The maximum Gasteiger partial charge on any atom is 0.133 e. The van der Waals surface area contributed by atoms with Gasteiger partial charge in [0.15, 0.2) is 0 Å². The average molecular weight is 421 g/mol. The third kappa shape index (κ3) is 4.68. The zero-order chi connectivity index (χ0) is 16.9. The van der Waals surface area contributed by atoms with Crippen LogP contribution in [0.2, 0.25) is 0 Å². The van der Waals surface area contributed by atoms with Crippen molar-refractivity contribution in [2.45, 2.75) is 26.3 Å². The van der Waals surface area contributed by atoms with Gasteiger partial charge in [0.1, 0.15) is 5.75 Å². The molecule has 0 aliphatic heterocycles. The number of nitrogens with one attached hydrogen (secondary N) is 1. The molecule has 0 unspecified atom stereocenters. The number of halogens is 2. The first-order valence-electron chi connectivity index (χ1n) is 8.35. The van der Waals surface area contributed by atoms with Crippen LogP contribution in [0.25, 0.3) is 10.8 Å². The fraction of sp³-hybridized carbons (Fsp3) is 0.238. The van der Waals surface area contributed by atoms with E-state index in [0.29, 0.717) is 0 Å². The highest BCUT2D eigenvalue weighted by Gasteiger charge is 2.10. The van der Waals surface area contributed by atoms with Crippen LogP contribution in [0, 0.1) is 0 Å². The van der Waals surface area contributed by atoms with Crippen molar-refractivity contribution in [2.75, 3.05) is 11.9 Å². The summed E-state index contributed by atoms with van der Waals surface area (Å²) in [5.41, 5.74) is 2.38. The van der Waals surface area contributed by atoms with Crippen LogP contribution in [0.1, 0.15) is 31.9 Å². The van der Waals surface area contributed by atoms with E-state index >= 15 is 0 Å². The Morgan fingerprint density at radius 2 is 1.80 bits per heavy atom. The van der Waals surface area contributed by atoms with Gasteiger partial charge in [-0.1, -0.05) is 49.4 Å². The van der Waals surface area contributed by atoms with E-state index in [4.69, 9.17) is 4.74 Å². The smallest absolute Gasteiger partial charge is 0.133 e. The van der Waals surface area contributed by atoms with E-state index in [1.807, 2.05) is 6.07 Å². The van der Waals surface area contributed by atoms with Crippen molar-refractivity contribution in [3.63, 3.8) is 0 Å². The van der Waals surface area contributed by atoms with Crippen LogP contribution in [0.4, 0.5) is 5.69 Å². The van der Waals surface area contributed by atoms with Crippen LogP contribution in [0.3, 0.4) is 0 Å². The minimum Gasteiger partial charge on any atom is -0.492 e. The Balaban J connectivity index is 0.00000225. The zero-order valence-corrected chi connectivity index (χ0v) is 16.9. The Morgan fingerprint density at radius 1 is 1.04 bits per heavy atom. The van der Waals surface area contributed by atoms with E-state index in [-0.39, 0.29) is 18.4 Å². The molecule has 1 N–H and O–H groups in total. The van der Waals surface area contributed by atoms with Gasteiger partial charge in [0.05, 0.1) is 11.1 Å². The Labute approximate surface area is 164 Å². The van der Waals surface area contributed by atoms with Gasteiger partial charge < -0.3 is 10.1 Å². The SMILES string of the molecule is CCCOc1ccc(N[C@H](C)c2cccc3ccccc23)cc1Br.Cl. The topological polar surface area (TPSA) is 21.3 Å². The van der Waals surface area contributed by atoms with Crippen molar-refractivity contribution < 1.29 is 4.74 Å². The lowest BCUT2D eigenvalue weighted by molar-refractivity contribution is 0.315. The number of hydrogen-bond acceptors (Lipinski definition) is 2. The molecule has 25 heavy (non-hydrogen) atoms. The molecule has 0 amide bonds. The molecular weight excluding hydrogens is 398 g/mol. The molecule has 3 rings (SSSR count). The van der Waals surface area contributed by atoms with Crippen molar-refractivity contribution in [2.24, 2.45) is 0 Å². The number of fused-ring (bicyclic) bond motifs is 1. The molecule has 3 aromatic rings. The van der Waals surface area contributed by atoms with E-state index in [9.17, 15) is 0 Å². The second-order valence-electron chi connectivity index (χ2n) is 5.93. The van der Waals surface area contributed by atoms with E-state index in [0.717, 1.165) is 28.9 Å². The third-order valence-electron chi connectivity index (χ3n) is 4.07. The fourth-order valence-electron chi connectivity index (χ4n) is 2.88. The molecule has 132 valence electrons. The summed E-state index contributed by atoms with van der Waals surface area (Å²) in [7, 11) is 0. The lowest BCUT2D eigenvalue weighted by atomic mass is 9.99. The zero-order valence-electron chi connectivity index (χ0n) is 14.5. The van der Waals surface area contributed by atoms with Gasteiger partial charge in [-0.05, 0) is 63.8 Å². The molecule has 0 heterocycles. The summed E-state index contributed by atoms with van der Waals surface area (Å²) in [6.45, 7) is 5.03. The minimum absolute atomic E-state index is 0. The molecule has 0 aromatic heterocycles. The molecule has 4 heteroatoms. The minimum atomic E-state index is 0. The molecule has 0 aliphatic rings. The molecule has 0 radical (unpaired) electrons. The monoisotopic (exact) mass is 419 g/mol. The van der Waals surface area contributed by atoms with E-state index < -0.39 is 0 Å². The summed E-state index contributed by atoms with van der Waals surface area (Å²) < 4.78 is 6.69. The van der Waals surface area contributed by atoms with Crippen molar-refractivity contribution in [3.05, 3.63) is 70.7 Å². The molecule has 0 saturated carbocycles. The van der Waals surface area contributed by atoms with E-state index in [1.165, 1.54) is 16.3 Å². The predicted octanol–water partition coefficient (Wildman–Crippen LogP) is 6.99. The normalized spacial score (nSPS) is 11.6. The van der Waals surface area contributed by atoms with E-state index in [1.54, 1.807) is 0 Å². The van der Waals surface area contributed by atoms with Crippen molar-refractivity contribution in [1.29, 1.82) is 0 Å². The molecule has 2 nitrogen and oxygen atoms in total. The summed E-state index contributed by atoms with van der Waals surface area (Å²) in [5.74, 6) is 0.889. The Hall–Kier alpha value is -1.71. The highest BCUT2D eigenvalue weighted by molar-refractivity contribution is 9.10. The first-order valence-corrected chi connectivity index (χ1v) is 9.15. The summed E-state index contributed by atoms with van der Waals surface area (Å²) >= 11 is 3.60. The third-order valence-corrected chi connectivity index (χ3v) is 4.69. The summed E-state index contributed by atoms with van der Waals surface area (Å²) in [6.07, 6.45) is 1.00. The maximum absolute atomic E-state index is 5.71. The van der Waals surface area contributed by atoms with E-state index in [2.05, 4.69) is 89.7 Å². The number of anilines is 1. The molecule has 0 saturated heterocycles. The molecule has 0 spiro atoms. The van der Waals surface area contributed by atoms with Gasteiger partial charge in [-0.2, -0.15) is 0 Å². The Kier molecular flexibility index (Phi) is 7.15. The van der Waals surface area contributed by atoms with Crippen LogP contribution in [0.5, 0.6) is 5.75 Å².